The molecule has 1 fully saturated rings. The Balaban J connectivity index is 2.56. The molecule has 0 amide bonds. The van der Waals surface area contributed by atoms with Gasteiger partial charge in [0.25, 0.3) is 0 Å². The highest BCUT2D eigenvalue weighted by molar-refractivity contribution is 7.92. The van der Waals surface area contributed by atoms with E-state index < -0.39 is 24.1 Å². The van der Waals surface area contributed by atoms with Crippen LogP contribution >= 0.6 is 0 Å². The van der Waals surface area contributed by atoms with E-state index in [9.17, 15) is 8.42 Å². The smallest absolute Gasteiger partial charge is 0.372 e. The van der Waals surface area contributed by atoms with Crippen LogP contribution in [0.5, 0.6) is 0 Å². The summed E-state index contributed by atoms with van der Waals surface area (Å²) in [5, 5.41) is 0. The number of hydrogen-bond acceptors (Lipinski definition) is 7. The molecule has 1 heterocycles. The number of ether oxygens (including phenoxy) is 2. The van der Waals surface area contributed by atoms with Gasteiger partial charge in [0.15, 0.2) is 15.3 Å². The Morgan fingerprint density at radius 1 is 1.00 bits per heavy atom. The third-order valence-corrected chi connectivity index (χ3v) is 9.24. The van der Waals surface area contributed by atoms with Crippen LogP contribution in [-0.4, -0.2) is 67.2 Å². The van der Waals surface area contributed by atoms with E-state index in [2.05, 4.69) is 0 Å². The lowest BCUT2D eigenvalue weighted by molar-refractivity contribution is -0.0318. The number of hydrogen-bond donors (Lipinski definition) is 0. The maximum Gasteiger partial charge on any atom is 0.531 e. The zero-order valence-corrected chi connectivity index (χ0v) is 17.1. The first kappa shape index (κ1) is 22.0. The van der Waals surface area contributed by atoms with E-state index >= 15 is 0 Å². The van der Waals surface area contributed by atoms with Gasteiger partial charge in [0.2, 0.25) is 0 Å². The summed E-state index contributed by atoms with van der Waals surface area (Å²) in [5.41, 5.74) is -0.977. The van der Waals surface area contributed by atoms with E-state index in [0.717, 1.165) is 0 Å². The van der Waals surface area contributed by atoms with Gasteiger partial charge in [0.05, 0.1) is 19.0 Å². The van der Waals surface area contributed by atoms with Crippen LogP contribution in [0.25, 0.3) is 0 Å². The van der Waals surface area contributed by atoms with E-state index in [1.54, 1.807) is 0 Å². The molecule has 0 bridgehead atoms. The van der Waals surface area contributed by atoms with Gasteiger partial charge in [0, 0.05) is 19.8 Å². The molecule has 0 saturated carbocycles. The molecule has 0 aliphatic carbocycles. The van der Waals surface area contributed by atoms with Gasteiger partial charge >= 0.3 is 8.80 Å². The topological polar surface area (TPSA) is 80.3 Å². The van der Waals surface area contributed by atoms with Crippen LogP contribution < -0.4 is 0 Å². The van der Waals surface area contributed by atoms with Gasteiger partial charge in [-0.15, -0.1) is 0 Å². The van der Waals surface area contributed by atoms with Crippen molar-refractivity contribution < 1.29 is 31.2 Å². The van der Waals surface area contributed by atoms with Crippen LogP contribution in [0.3, 0.4) is 0 Å². The molecule has 0 spiro atoms. The predicted octanol–water partition coefficient (Wildman–Crippen LogP) is 1.92. The normalized spacial score (nSPS) is 21.9. The summed E-state index contributed by atoms with van der Waals surface area (Å²) in [6, 6.07) is 0. The summed E-state index contributed by atoms with van der Waals surface area (Å²) in [4.78, 5) is 0. The van der Waals surface area contributed by atoms with Gasteiger partial charge in [-0.3, -0.25) is 0 Å². The van der Waals surface area contributed by atoms with E-state index in [0.29, 0.717) is 39.1 Å². The van der Waals surface area contributed by atoms with Crippen molar-refractivity contribution in [3.05, 3.63) is 0 Å². The Hall–Kier alpha value is -0.0331. The lowest BCUT2D eigenvalue weighted by Gasteiger charge is -2.34. The van der Waals surface area contributed by atoms with E-state index in [1.165, 1.54) is 0 Å². The van der Waals surface area contributed by atoms with E-state index in [-0.39, 0.29) is 24.7 Å². The second-order valence-electron chi connectivity index (χ2n) is 5.48. The fourth-order valence-corrected chi connectivity index (χ4v) is 7.29. The molecule has 7 nitrogen and oxygen atoms in total. The largest absolute Gasteiger partial charge is 0.531 e. The molecule has 9 heteroatoms. The SMILES string of the molecule is CCO[Si](OCC)(OCC)C(CC)OCCOC1CCCS1(=O)=O. The second-order valence-corrected chi connectivity index (χ2v) is 10.5. The Morgan fingerprint density at radius 2 is 1.58 bits per heavy atom. The maximum atomic E-state index is 11.7. The summed E-state index contributed by atoms with van der Waals surface area (Å²) in [5.74, 6) is 0.213. The van der Waals surface area contributed by atoms with Gasteiger partial charge < -0.3 is 22.8 Å². The summed E-state index contributed by atoms with van der Waals surface area (Å²) < 4.78 is 52.5. The van der Waals surface area contributed by atoms with Crippen LogP contribution in [-0.2, 0) is 32.6 Å². The summed E-state index contributed by atoms with van der Waals surface area (Å²) in [7, 11) is -6.02. The molecule has 1 aliphatic heterocycles. The first-order valence-electron chi connectivity index (χ1n) is 8.82. The van der Waals surface area contributed by atoms with Crippen molar-refractivity contribution in [1.29, 1.82) is 0 Å². The standard InChI is InChI=1S/C15H32O7SSi/c1-5-15(24(20-6-2,21-7-3)22-8-4)19-12-11-18-14-10-9-13-23(14,16)17/h14-15H,5-13H2,1-4H3. The van der Waals surface area contributed by atoms with Crippen molar-refractivity contribution in [3.8, 4) is 0 Å². The van der Waals surface area contributed by atoms with Crippen molar-refractivity contribution in [2.45, 2.75) is 58.1 Å². The number of rotatable bonds is 13. The van der Waals surface area contributed by atoms with Crippen molar-refractivity contribution in [3.63, 3.8) is 0 Å². The fourth-order valence-electron chi connectivity index (χ4n) is 2.80. The predicted molar refractivity (Wildman–Crippen MR) is 93.4 cm³/mol. The molecular weight excluding hydrogens is 352 g/mol. The molecule has 144 valence electrons. The highest BCUT2D eigenvalue weighted by Crippen LogP contribution is 2.22. The summed E-state index contributed by atoms with van der Waals surface area (Å²) >= 11 is 0. The van der Waals surface area contributed by atoms with Crippen molar-refractivity contribution >= 4 is 18.6 Å². The Kier molecular flexibility index (Phi) is 9.95. The Bertz CT molecular complexity index is 426. The van der Waals surface area contributed by atoms with Crippen molar-refractivity contribution in [1.82, 2.24) is 0 Å². The lowest BCUT2D eigenvalue weighted by atomic mass is 10.4. The van der Waals surface area contributed by atoms with Crippen LogP contribution in [0.15, 0.2) is 0 Å². The van der Waals surface area contributed by atoms with Crippen LogP contribution in [0.2, 0.25) is 0 Å². The monoisotopic (exact) mass is 384 g/mol. The van der Waals surface area contributed by atoms with Crippen LogP contribution in [0.4, 0.5) is 0 Å². The average Bonchev–Trinajstić information content (AvgIpc) is 2.86. The molecule has 24 heavy (non-hydrogen) atoms. The average molecular weight is 385 g/mol. The van der Waals surface area contributed by atoms with Crippen LogP contribution in [0.1, 0.15) is 47.0 Å². The fraction of sp³-hybridized carbons (Fsp3) is 1.00. The van der Waals surface area contributed by atoms with Crippen molar-refractivity contribution in [2.75, 3.05) is 38.8 Å². The molecule has 1 saturated heterocycles. The number of sulfone groups is 1. The highest BCUT2D eigenvalue weighted by Gasteiger charge is 2.49. The molecule has 0 radical (unpaired) electrons. The summed E-state index contributed by atoms with van der Waals surface area (Å²) in [6.45, 7) is 9.68. The van der Waals surface area contributed by atoms with Crippen LogP contribution in [0, 0.1) is 0 Å². The third-order valence-electron chi connectivity index (χ3n) is 3.78. The molecule has 0 aromatic carbocycles. The molecule has 2 atom stereocenters. The quantitative estimate of drug-likeness (QED) is 0.354. The molecule has 1 rings (SSSR count). The van der Waals surface area contributed by atoms with E-state index in [4.69, 9.17) is 22.8 Å². The second kappa shape index (κ2) is 10.8. The van der Waals surface area contributed by atoms with Gasteiger partial charge in [-0.1, -0.05) is 6.92 Å². The van der Waals surface area contributed by atoms with Gasteiger partial charge in [-0.25, -0.2) is 8.42 Å². The third kappa shape index (κ3) is 6.05. The molecule has 0 N–H and O–H groups in total. The Labute approximate surface area is 147 Å². The molecule has 0 aromatic rings. The minimum atomic E-state index is -3.09. The molecule has 0 aromatic heterocycles. The van der Waals surface area contributed by atoms with Gasteiger partial charge in [-0.2, -0.15) is 0 Å². The first-order chi connectivity index (χ1) is 11.5. The zero-order valence-electron chi connectivity index (χ0n) is 15.3. The minimum absolute atomic E-state index is 0.213. The summed E-state index contributed by atoms with van der Waals surface area (Å²) in [6.07, 6.45) is 1.92. The highest BCUT2D eigenvalue weighted by atomic mass is 32.2. The first-order valence-corrected chi connectivity index (χ1v) is 12.3. The molecule has 1 aliphatic rings. The Morgan fingerprint density at radius 3 is 2.00 bits per heavy atom. The van der Waals surface area contributed by atoms with Gasteiger partial charge in [-0.05, 0) is 40.0 Å². The van der Waals surface area contributed by atoms with E-state index in [1.807, 2.05) is 27.7 Å². The molecule has 2 unspecified atom stereocenters. The van der Waals surface area contributed by atoms with Crippen molar-refractivity contribution in [2.24, 2.45) is 0 Å². The van der Waals surface area contributed by atoms with Gasteiger partial charge in [0.1, 0.15) is 5.73 Å². The molecular formula is C15H32O7SSi. The lowest BCUT2D eigenvalue weighted by Crippen LogP contribution is -2.57. The zero-order chi connectivity index (χ0) is 18.1. The maximum absolute atomic E-state index is 11.7. The minimum Gasteiger partial charge on any atom is -0.372 e.